The molecule has 0 spiro atoms. The molecule has 6 nitrogen and oxygen atoms in total. The molecule has 2 N–H and O–H groups in total. The molecule has 1 aliphatic rings. The smallest absolute Gasteiger partial charge is 0.308 e. The summed E-state index contributed by atoms with van der Waals surface area (Å²) in [4.78, 5) is 16.1. The largest absolute Gasteiger partial charge is 0.466 e. The molecule has 0 bridgehead atoms. The Morgan fingerprint density at radius 3 is 2.36 bits per heavy atom. The third-order valence-electron chi connectivity index (χ3n) is 4.76. The van der Waals surface area contributed by atoms with Crippen molar-refractivity contribution in [1.82, 2.24) is 10.6 Å². The predicted molar refractivity (Wildman–Crippen MR) is 102 cm³/mol. The van der Waals surface area contributed by atoms with Crippen LogP contribution < -0.4 is 10.6 Å². The van der Waals surface area contributed by atoms with Gasteiger partial charge in [-0.05, 0) is 51.9 Å². The normalized spacial score (nSPS) is 22.6. The van der Waals surface area contributed by atoms with Crippen LogP contribution in [0.3, 0.4) is 0 Å². The lowest BCUT2D eigenvalue weighted by Crippen LogP contribution is -2.46. The zero-order valence-corrected chi connectivity index (χ0v) is 16.6. The van der Waals surface area contributed by atoms with Crippen LogP contribution in [0.15, 0.2) is 4.99 Å². The van der Waals surface area contributed by atoms with Crippen LogP contribution in [0.1, 0.15) is 59.8 Å². The highest BCUT2D eigenvalue weighted by atomic mass is 16.5. The zero-order chi connectivity index (χ0) is 18.7. The number of aliphatic imine (C=N–C) groups is 1. The topological polar surface area (TPSA) is 72.0 Å². The molecule has 146 valence electrons. The highest BCUT2D eigenvalue weighted by Crippen LogP contribution is 2.25. The molecule has 1 aliphatic carbocycles. The van der Waals surface area contributed by atoms with Gasteiger partial charge < -0.3 is 20.1 Å². The Kier molecular flexibility index (Phi) is 10.5. The molecule has 0 aliphatic heterocycles. The lowest BCUT2D eigenvalue weighted by molar-refractivity contribution is -0.149. The van der Waals surface area contributed by atoms with E-state index in [0.717, 1.165) is 51.2 Å². The van der Waals surface area contributed by atoms with Gasteiger partial charge in [0.05, 0.1) is 18.6 Å². The number of ether oxygens (including phenoxy) is 2. The highest BCUT2D eigenvalue weighted by molar-refractivity contribution is 5.80. The van der Waals surface area contributed by atoms with Crippen molar-refractivity contribution in [1.29, 1.82) is 0 Å². The summed E-state index contributed by atoms with van der Waals surface area (Å²) < 4.78 is 10.9. The lowest BCUT2D eigenvalue weighted by atomic mass is 9.86. The lowest BCUT2D eigenvalue weighted by Gasteiger charge is -2.29. The maximum Gasteiger partial charge on any atom is 0.308 e. The fourth-order valence-corrected chi connectivity index (χ4v) is 3.28. The molecular formula is C19H37N3O3. The van der Waals surface area contributed by atoms with E-state index >= 15 is 0 Å². The van der Waals surface area contributed by atoms with Gasteiger partial charge in [0.2, 0.25) is 0 Å². The molecule has 0 saturated heterocycles. The first-order chi connectivity index (χ1) is 12.0. The van der Waals surface area contributed by atoms with Gasteiger partial charge in [-0.15, -0.1) is 0 Å². The summed E-state index contributed by atoms with van der Waals surface area (Å²) in [6.07, 6.45) is 4.94. The number of carbonyl (C=O) groups excluding carboxylic acids is 1. The third kappa shape index (κ3) is 8.08. The zero-order valence-electron chi connectivity index (χ0n) is 16.6. The maximum atomic E-state index is 11.8. The number of nitrogens with zero attached hydrogens (tertiary/aromatic N) is 1. The van der Waals surface area contributed by atoms with Gasteiger partial charge in [-0.3, -0.25) is 9.79 Å². The number of hydrogen-bond acceptors (Lipinski definition) is 4. The van der Waals surface area contributed by atoms with E-state index < -0.39 is 0 Å². The van der Waals surface area contributed by atoms with Crippen LogP contribution in [0.5, 0.6) is 0 Å². The van der Waals surface area contributed by atoms with E-state index in [1.807, 2.05) is 13.8 Å². The number of esters is 1. The molecule has 0 aromatic heterocycles. The minimum absolute atomic E-state index is 0.0425. The molecule has 1 saturated carbocycles. The van der Waals surface area contributed by atoms with Crippen molar-refractivity contribution in [2.75, 3.05) is 26.8 Å². The van der Waals surface area contributed by atoms with E-state index in [1.54, 1.807) is 7.05 Å². The van der Waals surface area contributed by atoms with Crippen LogP contribution in [0, 0.1) is 11.8 Å². The predicted octanol–water partition coefficient (Wildman–Crippen LogP) is 2.72. The first-order valence-corrected chi connectivity index (χ1v) is 9.77. The van der Waals surface area contributed by atoms with Gasteiger partial charge in [0.25, 0.3) is 0 Å². The Morgan fingerprint density at radius 2 is 1.84 bits per heavy atom. The van der Waals surface area contributed by atoms with Gasteiger partial charge in [0.15, 0.2) is 5.96 Å². The van der Waals surface area contributed by atoms with E-state index in [-0.39, 0.29) is 18.0 Å². The monoisotopic (exact) mass is 355 g/mol. The van der Waals surface area contributed by atoms with Crippen LogP contribution in [-0.2, 0) is 14.3 Å². The van der Waals surface area contributed by atoms with Crippen molar-refractivity contribution >= 4 is 11.9 Å². The Balaban J connectivity index is 2.32. The van der Waals surface area contributed by atoms with Crippen LogP contribution >= 0.6 is 0 Å². The van der Waals surface area contributed by atoms with Crippen molar-refractivity contribution < 1.29 is 14.3 Å². The second-order valence-electron chi connectivity index (χ2n) is 6.97. The van der Waals surface area contributed by atoms with Gasteiger partial charge in [-0.25, -0.2) is 0 Å². The van der Waals surface area contributed by atoms with Crippen LogP contribution in [-0.4, -0.2) is 50.9 Å². The highest BCUT2D eigenvalue weighted by Gasteiger charge is 2.27. The summed E-state index contributed by atoms with van der Waals surface area (Å²) in [6.45, 7) is 10.3. The molecule has 1 rings (SSSR count). The standard InChI is InChI=1S/C19H37N3O3/c1-6-24-17(14(3)4)12-13-21-19(20-5)22-16-10-8-15(9-11-16)18(23)25-7-2/h14-17H,6-13H2,1-5H3,(H2,20,21,22). The molecule has 0 heterocycles. The molecular weight excluding hydrogens is 318 g/mol. The van der Waals surface area contributed by atoms with Crippen molar-refractivity contribution in [2.45, 2.75) is 71.9 Å². The maximum absolute atomic E-state index is 11.8. The molecule has 0 aromatic rings. The number of rotatable bonds is 9. The molecule has 0 aromatic carbocycles. The summed E-state index contributed by atoms with van der Waals surface area (Å²) in [6, 6.07) is 0.365. The molecule has 25 heavy (non-hydrogen) atoms. The van der Waals surface area contributed by atoms with E-state index in [1.165, 1.54) is 0 Å². The van der Waals surface area contributed by atoms with Crippen LogP contribution in [0.4, 0.5) is 0 Å². The van der Waals surface area contributed by atoms with E-state index in [4.69, 9.17) is 9.47 Å². The SMILES string of the molecule is CCOC(=O)C1CCC(NC(=NC)NCCC(OCC)C(C)C)CC1. The molecule has 6 heteroatoms. The molecule has 1 fully saturated rings. The van der Waals surface area contributed by atoms with Gasteiger partial charge in [0, 0.05) is 26.2 Å². The Bertz CT molecular complexity index is 405. The van der Waals surface area contributed by atoms with Crippen molar-refractivity contribution in [3.63, 3.8) is 0 Å². The first kappa shape index (κ1) is 21.7. The third-order valence-corrected chi connectivity index (χ3v) is 4.76. The summed E-state index contributed by atoms with van der Waals surface area (Å²) in [7, 11) is 1.79. The molecule has 0 amide bonds. The molecule has 1 atom stereocenters. The van der Waals surface area contributed by atoms with Crippen molar-refractivity contribution in [3.8, 4) is 0 Å². The average Bonchev–Trinajstić information content (AvgIpc) is 2.60. The number of carbonyl (C=O) groups is 1. The quantitative estimate of drug-likeness (QED) is 0.378. The molecule has 1 unspecified atom stereocenters. The Morgan fingerprint density at radius 1 is 1.16 bits per heavy atom. The van der Waals surface area contributed by atoms with E-state index in [0.29, 0.717) is 18.6 Å². The second kappa shape index (κ2) is 12.1. The molecule has 0 radical (unpaired) electrons. The van der Waals surface area contributed by atoms with Crippen molar-refractivity contribution in [3.05, 3.63) is 0 Å². The number of guanidine groups is 1. The summed E-state index contributed by atoms with van der Waals surface area (Å²) in [5.74, 6) is 1.36. The minimum Gasteiger partial charge on any atom is -0.466 e. The number of nitrogens with one attached hydrogen (secondary N) is 2. The van der Waals surface area contributed by atoms with Crippen molar-refractivity contribution in [2.24, 2.45) is 16.8 Å². The summed E-state index contributed by atoms with van der Waals surface area (Å²) >= 11 is 0. The van der Waals surface area contributed by atoms with E-state index in [2.05, 4.69) is 29.5 Å². The van der Waals surface area contributed by atoms with Crippen LogP contribution in [0.25, 0.3) is 0 Å². The summed E-state index contributed by atoms with van der Waals surface area (Å²) in [5, 5.41) is 6.86. The fourth-order valence-electron chi connectivity index (χ4n) is 3.28. The average molecular weight is 356 g/mol. The van der Waals surface area contributed by atoms with Gasteiger partial charge in [0.1, 0.15) is 0 Å². The summed E-state index contributed by atoms with van der Waals surface area (Å²) in [5.41, 5.74) is 0. The first-order valence-electron chi connectivity index (χ1n) is 9.77. The van der Waals surface area contributed by atoms with Gasteiger partial charge >= 0.3 is 5.97 Å². The number of hydrogen-bond donors (Lipinski definition) is 2. The minimum atomic E-state index is -0.0425. The Labute approximate surface area is 153 Å². The van der Waals surface area contributed by atoms with Crippen LogP contribution in [0.2, 0.25) is 0 Å². The fraction of sp³-hybridized carbons (Fsp3) is 0.895. The Hall–Kier alpha value is -1.30. The van der Waals surface area contributed by atoms with E-state index in [9.17, 15) is 4.79 Å². The van der Waals surface area contributed by atoms with Gasteiger partial charge in [-0.2, -0.15) is 0 Å². The van der Waals surface area contributed by atoms with Gasteiger partial charge in [-0.1, -0.05) is 13.8 Å². The second-order valence-corrected chi connectivity index (χ2v) is 6.97.